The van der Waals surface area contributed by atoms with Gasteiger partial charge in [-0.15, -0.1) is 0 Å². The third kappa shape index (κ3) is 4.48. The first-order chi connectivity index (χ1) is 7.26. The average Bonchev–Trinajstić information content (AvgIpc) is 2.29. The Morgan fingerprint density at radius 1 is 1.47 bits per heavy atom. The molecule has 4 nitrogen and oxygen atoms in total. The molecule has 1 unspecified atom stereocenters. The quantitative estimate of drug-likeness (QED) is 0.769. The number of nitrogens with one attached hydrogen (secondary N) is 1. The van der Waals surface area contributed by atoms with Gasteiger partial charge in [0.15, 0.2) is 0 Å². The summed E-state index contributed by atoms with van der Waals surface area (Å²) in [5.41, 5.74) is 0.976. The van der Waals surface area contributed by atoms with Gasteiger partial charge in [0, 0.05) is 19.4 Å². The molecule has 15 heavy (non-hydrogen) atoms. The van der Waals surface area contributed by atoms with Gasteiger partial charge in [-0.1, -0.05) is 6.92 Å². The van der Waals surface area contributed by atoms with Crippen molar-refractivity contribution in [2.24, 2.45) is 5.92 Å². The van der Waals surface area contributed by atoms with Gasteiger partial charge in [0.25, 0.3) is 0 Å². The molecular formula is C10H17N3OS. The number of anilines is 1. The summed E-state index contributed by atoms with van der Waals surface area (Å²) in [7, 11) is 1.82. The summed E-state index contributed by atoms with van der Waals surface area (Å²) in [5, 5.41) is 11.8. The number of aromatic nitrogens is 2. The van der Waals surface area contributed by atoms with Crippen molar-refractivity contribution in [3.8, 4) is 0 Å². The summed E-state index contributed by atoms with van der Waals surface area (Å²) in [6, 6.07) is 0. The van der Waals surface area contributed by atoms with Crippen LogP contribution in [-0.4, -0.2) is 34.5 Å². The molecule has 0 aliphatic heterocycles. The second-order valence-electron chi connectivity index (χ2n) is 3.45. The first kappa shape index (κ1) is 12.3. The van der Waals surface area contributed by atoms with Crippen molar-refractivity contribution in [2.45, 2.75) is 12.7 Å². The highest BCUT2D eigenvalue weighted by atomic mass is 32.2. The molecule has 0 aliphatic rings. The Balaban J connectivity index is 2.31. The van der Waals surface area contributed by atoms with Crippen molar-refractivity contribution in [3.05, 3.63) is 18.1 Å². The van der Waals surface area contributed by atoms with E-state index < -0.39 is 0 Å². The highest BCUT2D eigenvalue weighted by Crippen LogP contribution is 2.13. The molecule has 2 N–H and O–H groups in total. The molecule has 0 saturated carbocycles. The topological polar surface area (TPSA) is 58.0 Å². The van der Waals surface area contributed by atoms with Gasteiger partial charge in [0.1, 0.15) is 5.82 Å². The Morgan fingerprint density at radius 3 is 2.80 bits per heavy atom. The normalized spacial score (nSPS) is 12.5. The lowest BCUT2D eigenvalue weighted by molar-refractivity contribution is 0.250. The van der Waals surface area contributed by atoms with Crippen LogP contribution >= 0.6 is 11.8 Å². The zero-order valence-electron chi connectivity index (χ0n) is 9.10. The minimum atomic E-state index is 0.247. The van der Waals surface area contributed by atoms with E-state index in [4.69, 9.17) is 5.11 Å². The lowest BCUT2D eigenvalue weighted by atomic mass is 10.2. The van der Waals surface area contributed by atoms with Gasteiger partial charge in [0.2, 0.25) is 0 Å². The van der Waals surface area contributed by atoms with Crippen LogP contribution in [0.3, 0.4) is 0 Å². The molecule has 1 heterocycles. The third-order valence-corrected chi connectivity index (χ3v) is 3.23. The molecule has 1 rings (SSSR count). The van der Waals surface area contributed by atoms with Crippen molar-refractivity contribution in [2.75, 3.05) is 24.7 Å². The van der Waals surface area contributed by atoms with E-state index in [-0.39, 0.29) is 6.61 Å². The molecule has 0 spiro atoms. The van der Waals surface area contributed by atoms with Gasteiger partial charge in [-0.25, -0.2) is 4.98 Å². The van der Waals surface area contributed by atoms with E-state index in [1.807, 2.05) is 14.0 Å². The highest BCUT2D eigenvalue weighted by molar-refractivity contribution is 7.98. The van der Waals surface area contributed by atoms with E-state index >= 15 is 0 Å². The van der Waals surface area contributed by atoms with Crippen LogP contribution in [0.5, 0.6) is 0 Å². The van der Waals surface area contributed by atoms with Crippen molar-refractivity contribution < 1.29 is 5.11 Å². The van der Waals surface area contributed by atoms with Crippen LogP contribution in [0.2, 0.25) is 0 Å². The van der Waals surface area contributed by atoms with Crippen LogP contribution in [-0.2, 0) is 5.75 Å². The van der Waals surface area contributed by atoms with Crippen LogP contribution in [0.4, 0.5) is 5.82 Å². The fourth-order valence-corrected chi connectivity index (χ4v) is 1.96. The molecule has 0 aliphatic carbocycles. The fourth-order valence-electron chi connectivity index (χ4n) is 0.976. The van der Waals surface area contributed by atoms with Crippen LogP contribution < -0.4 is 5.32 Å². The second-order valence-corrected chi connectivity index (χ2v) is 4.48. The van der Waals surface area contributed by atoms with E-state index in [1.165, 1.54) is 0 Å². The summed E-state index contributed by atoms with van der Waals surface area (Å²) < 4.78 is 0. The average molecular weight is 227 g/mol. The summed E-state index contributed by atoms with van der Waals surface area (Å²) in [5.74, 6) is 2.93. The number of aliphatic hydroxyl groups excluding tert-OH is 1. The monoisotopic (exact) mass is 227 g/mol. The molecule has 0 bridgehead atoms. The number of hydrogen-bond donors (Lipinski definition) is 2. The van der Waals surface area contributed by atoms with Crippen LogP contribution in [0, 0.1) is 5.92 Å². The van der Waals surface area contributed by atoms with Gasteiger partial charge in [-0.05, 0) is 11.7 Å². The van der Waals surface area contributed by atoms with Crippen molar-refractivity contribution in [1.82, 2.24) is 9.97 Å². The van der Waals surface area contributed by atoms with Crippen molar-refractivity contribution in [3.63, 3.8) is 0 Å². The van der Waals surface area contributed by atoms with Gasteiger partial charge in [-0.3, -0.25) is 4.98 Å². The molecule has 0 aromatic carbocycles. The van der Waals surface area contributed by atoms with Gasteiger partial charge in [0.05, 0.1) is 18.1 Å². The first-order valence-electron chi connectivity index (χ1n) is 4.93. The maximum absolute atomic E-state index is 8.85. The maximum atomic E-state index is 8.85. The smallest absolute Gasteiger partial charge is 0.144 e. The second kappa shape index (κ2) is 6.63. The number of thioether (sulfide) groups is 1. The Morgan fingerprint density at radius 2 is 2.27 bits per heavy atom. The predicted octanol–water partition coefficient (Wildman–Crippen LogP) is 1.38. The highest BCUT2D eigenvalue weighted by Gasteiger charge is 2.01. The van der Waals surface area contributed by atoms with Crippen LogP contribution in [0.25, 0.3) is 0 Å². The van der Waals surface area contributed by atoms with Gasteiger partial charge in [-0.2, -0.15) is 11.8 Å². The van der Waals surface area contributed by atoms with Gasteiger partial charge >= 0.3 is 0 Å². The van der Waals surface area contributed by atoms with E-state index in [1.54, 1.807) is 24.2 Å². The summed E-state index contributed by atoms with van der Waals surface area (Å²) in [4.78, 5) is 8.44. The molecule has 0 fully saturated rings. The molecule has 0 radical (unpaired) electrons. The zero-order valence-corrected chi connectivity index (χ0v) is 9.92. The standard InChI is InChI=1S/C10H17N3OS/c1-8(5-14)6-15-7-9-3-13-10(11-2)4-12-9/h3-4,8,14H,5-7H2,1-2H3,(H,11,13). The minimum Gasteiger partial charge on any atom is -0.396 e. The number of rotatable bonds is 6. The minimum absolute atomic E-state index is 0.247. The summed E-state index contributed by atoms with van der Waals surface area (Å²) in [6.45, 7) is 2.28. The predicted molar refractivity (Wildman–Crippen MR) is 64.0 cm³/mol. The Bertz CT molecular complexity index is 279. The fraction of sp³-hybridized carbons (Fsp3) is 0.600. The maximum Gasteiger partial charge on any atom is 0.144 e. The van der Waals surface area contributed by atoms with E-state index in [0.29, 0.717) is 5.92 Å². The largest absolute Gasteiger partial charge is 0.396 e. The molecule has 0 saturated heterocycles. The Labute approximate surface area is 94.5 Å². The molecule has 84 valence electrons. The summed E-state index contributed by atoms with van der Waals surface area (Å²) >= 11 is 1.77. The van der Waals surface area contributed by atoms with E-state index in [9.17, 15) is 0 Å². The summed E-state index contributed by atoms with van der Waals surface area (Å²) in [6.07, 6.45) is 3.51. The first-order valence-corrected chi connectivity index (χ1v) is 6.09. The van der Waals surface area contributed by atoms with Crippen LogP contribution in [0.15, 0.2) is 12.4 Å². The molecule has 1 atom stereocenters. The SMILES string of the molecule is CNc1cnc(CSCC(C)CO)cn1. The van der Waals surface area contributed by atoms with E-state index in [2.05, 4.69) is 15.3 Å². The van der Waals surface area contributed by atoms with E-state index in [0.717, 1.165) is 23.0 Å². The Kier molecular flexibility index (Phi) is 5.42. The van der Waals surface area contributed by atoms with Crippen LogP contribution in [0.1, 0.15) is 12.6 Å². The third-order valence-electron chi connectivity index (χ3n) is 1.93. The number of nitrogens with zero attached hydrogens (tertiary/aromatic N) is 2. The number of hydrogen-bond acceptors (Lipinski definition) is 5. The molecule has 0 amide bonds. The lowest BCUT2D eigenvalue weighted by Crippen LogP contribution is -2.04. The molecule has 1 aromatic rings. The van der Waals surface area contributed by atoms with Crippen molar-refractivity contribution >= 4 is 17.6 Å². The molecule has 5 heteroatoms. The molecule has 1 aromatic heterocycles. The molecular weight excluding hydrogens is 210 g/mol. The van der Waals surface area contributed by atoms with Gasteiger partial charge < -0.3 is 10.4 Å². The number of aliphatic hydroxyl groups is 1. The van der Waals surface area contributed by atoms with Crippen molar-refractivity contribution in [1.29, 1.82) is 0 Å². The lowest BCUT2D eigenvalue weighted by Gasteiger charge is -2.06. The zero-order chi connectivity index (χ0) is 11.1. The Hall–Kier alpha value is -0.810.